The van der Waals surface area contributed by atoms with Gasteiger partial charge in [-0.25, -0.2) is 0 Å². The quantitative estimate of drug-likeness (QED) is 0.198. The molecule has 4 saturated heterocycles. The van der Waals surface area contributed by atoms with Crippen LogP contribution in [0.15, 0.2) is 0 Å². The van der Waals surface area contributed by atoms with Crippen LogP contribution in [-0.2, 0) is 38.1 Å². The van der Waals surface area contributed by atoms with E-state index in [0.29, 0.717) is 25.7 Å². The predicted molar refractivity (Wildman–Crippen MR) is 190 cm³/mol. The first kappa shape index (κ1) is 40.5. The van der Waals surface area contributed by atoms with Crippen LogP contribution in [0.2, 0.25) is 0 Å². The minimum absolute atomic E-state index is 0.371. The van der Waals surface area contributed by atoms with Gasteiger partial charge in [-0.1, -0.05) is 0 Å². The normalized spacial score (nSPS) is 33.2. The third-order valence-electron chi connectivity index (χ3n) is 11.3. The molecule has 4 aliphatic rings. The molecule has 0 bridgehead atoms. The Kier molecular flexibility index (Phi) is 10.3. The van der Waals surface area contributed by atoms with E-state index in [9.17, 15) is 19.2 Å². The third kappa shape index (κ3) is 8.84. The van der Waals surface area contributed by atoms with Crippen LogP contribution in [0.3, 0.4) is 0 Å². The van der Waals surface area contributed by atoms with E-state index < -0.39 is 82.3 Å². The van der Waals surface area contributed by atoms with Crippen LogP contribution in [0, 0.1) is 23.7 Å². The van der Waals surface area contributed by atoms with E-state index in [4.69, 9.17) is 18.9 Å². The number of carbonyl (C=O) groups excluding carboxylic acids is 4. The van der Waals surface area contributed by atoms with Crippen molar-refractivity contribution in [2.75, 3.05) is 0 Å². The summed E-state index contributed by atoms with van der Waals surface area (Å²) in [5.74, 6) is -5.14. The maximum Gasteiger partial charge on any atom is 0.320 e. The summed E-state index contributed by atoms with van der Waals surface area (Å²) < 4.78 is 24.2. The largest absolute Gasteiger partial charge is 0.417 e. The molecule has 286 valence electrons. The van der Waals surface area contributed by atoms with Gasteiger partial charge in [-0.15, -0.1) is 0 Å². The van der Waals surface area contributed by atoms with Gasteiger partial charge in [-0.05, 0) is 136 Å². The van der Waals surface area contributed by atoms with Crippen molar-refractivity contribution in [2.45, 2.75) is 193 Å². The molecule has 0 spiro atoms. The molecule has 4 heterocycles. The molecule has 0 saturated carbocycles. The smallest absolute Gasteiger partial charge is 0.320 e. The maximum absolute atomic E-state index is 14.1. The van der Waals surface area contributed by atoms with Crippen LogP contribution in [0.1, 0.15) is 136 Å². The van der Waals surface area contributed by atoms with E-state index in [1.165, 1.54) is 0 Å². The minimum Gasteiger partial charge on any atom is -0.417 e. The monoisotopic (exact) mass is 706 g/mol. The van der Waals surface area contributed by atoms with Gasteiger partial charge in [0.2, 0.25) is 0 Å². The fourth-order valence-electron chi connectivity index (χ4n) is 9.67. The highest BCUT2D eigenvalue weighted by Crippen LogP contribution is 2.41. The van der Waals surface area contributed by atoms with Gasteiger partial charge in [-0.3, -0.25) is 19.2 Å². The van der Waals surface area contributed by atoms with Gasteiger partial charge in [0.05, 0.1) is 23.7 Å². The Balaban J connectivity index is 1.73. The lowest BCUT2D eigenvalue weighted by atomic mass is 9.87. The van der Waals surface area contributed by atoms with Crippen molar-refractivity contribution in [1.82, 2.24) is 21.3 Å². The summed E-state index contributed by atoms with van der Waals surface area (Å²) in [7, 11) is 0. The highest BCUT2D eigenvalue weighted by molar-refractivity contribution is 5.79. The zero-order valence-corrected chi connectivity index (χ0v) is 33.6. The molecular weight excluding hydrogens is 640 g/mol. The Labute approximate surface area is 300 Å². The fourth-order valence-corrected chi connectivity index (χ4v) is 9.67. The van der Waals surface area contributed by atoms with Crippen LogP contribution in [-0.4, -0.2) is 80.8 Å². The molecule has 4 unspecified atom stereocenters. The fraction of sp³-hybridized carbons (Fsp3) is 0.895. The Bertz CT molecular complexity index is 1160. The van der Waals surface area contributed by atoms with Gasteiger partial charge in [0.15, 0.2) is 0 Å². The average molecular weight is 707 g/mol. The zero-order valence-electron chi connectivity index (χ0n) is 33.6. The molecule has 12 nitrogen and oxygen atoms in total. The Hall–Kier alpha value is -2.28. The van der Waals surface area contributed by atoms with Crippen molar-refractivity contribution in [2.24, 2.45) is 23.7 Å². The molecule has 4 rings (SSSR count). The minimum atomic E-state index is -1.85. The van der Waals surface area contributed by atoms with E-state index in [-0.39, 0.29) is 22.2 Å². The first-order valence-corrected chi connectivity index (χ1v) is 18.3. The van der Waals surface area contributed by atoms with E-state index in [2.05, 4.69) is 21.3 Å². The molecule has 4 atom stereocenters. The first-order chi connectivity index (χ1) is 22.3. The summed E-state index contributed by atoms with van der Waals surface area (Å²) in [5.41, 5.74) is -4.11. The molecule has 4 N–H and O–H groups in total. The molecule has 0 amide bonds. The second-order valence-corrected chi connectivity index (χ2v) is 20.4. The SMILES string of the molecule is CC1(C)CC(C(=O)OC(OC(=O)C2CC(C)(C)NC2(C)C)C(OC(=O)C2CC(C)(C)NC2(C)C)OC(=O)C2CC(C)(C)NC2(C)C)C(C)(C)N1. The van der Waals surface area contributed by atoms with Crippen LogP contribution >= 0.6 is 0 Å². The van der Waals surface area contributed by atoms with Crippen LogP contribution in [0.5, 0.6) is 0 Å². The number of hydrogen-bond acceptors (Lipinski definition) is 12. The summed E-state index contributed by atoms with van der Waals surface area (Å²) in [5, 5.41) is 13.9. The summed E-state index contributed by atoms with van der Waals surface area (Å²) >= 11 is 0. The molecule has 4 fully saturated rings. The Morgan fingerprint density at radius 1 is 0.380 bits per heavy atom. The van der Waals surface area contributed by atoms with Gasteiger partial charge in [-0.2, -0.15) is 0 Å². The van der Waals surface area contributed by atoms with Crippen molar-refractivity contribution < 1.29 is 38.1 Å². The number of esters is 4. The summed E-state index contributed by atoms with van der Waals surface area (Å²) in [6.07, 6.45) is -1.90. The van der Waals surface area contributed by atoms with E-state index in [1.54, 1.807) is 0 Å². The number of carbonyl (C=O) groups is 4. The molecule has 4 aliphatic heterocycles. The Morgan fingerprint density at radius 3 is 0.660 bits per heavy atom. The van der Waals surface area contributed by atoms with Crippen LogP contribution < -0.4 is 21.3 Å². The van der Waals surface area contributed by atoms with E-state index in [0.717, 1.165) is 0 Å². The van der Waals surface area contributed by atoms with Gasteiger partial charge in [0.25, 0.3) is 0 Å². The number of rotatable bonds is 9. The molecule has 0 radical (unpaired) electrons. The number of ether oxygens (including phenoxy) is 4. The second kappa shape index (κ2) is 12.7. The van der Waals surface area contributed by atoms with Crippen LogP contribution in [0.25, 0.3) is 0 Å². The Morgan fingerprint density at radius 2 is 0.540 bits per heavy atom. The lowest BCUT2D eigenvalue weighted by Gasteiger charge is -2.34. The number of hydrogen-bond donors (Lipinski definition) is 4. The van der Waals surface area contributed by atoms with E-state index in [1.807, 2.05) is 111 Å². The van der Waals surface area contributed by atoms with Crippen molar-refractivity contribution in [3.63, 3.8) is 0 Å². The molecule has 0 aromatic carbocycles. The van der Waals surface area contributed by atoms with E-state index >= 15 is 0 Å². The van der Waals surface area contributed by atoms with Crippen molar-refractivity contribution in [1.29, 1.82) is 0 Å². The molecule has 0 aliphatic carbocycles. The van der Waals surface area contributed by atoms with Gasteiger partial charge >= 0.3 is 36.5 Å². The third-order valence-corrected chi connectivity index (χ3v) is 11.3. The summed E-state index contributed by atoms with van der Waals surface area (Å²) in [6, 6.07) is 0. The average Bonchev–Trinajstić information content (AvgIpc) is 3.45. The summed E-state index contributed by atoms with van der Waals surface area (Å²) in [6.45, 7) is 31.3. The molecule has 0 aromatic heterocycles. The molecule has 50 heavy (non-hydrogen) atoms. The van der Waals surface area contributed by atoms with Crippen LogP contribution in [0.4, 0.5) is 0 Å². The van der Waals surface area contributed by atoms with Gasteiger partial charge in [0.1, 0.15) is 0 Å². The molecular formula is C38H66N4O8. The second-order valence-electron chi connectivity index (χ2n) is 20.4. The first-order valence-electron chi connectivity index (χ1n) is 18.3. The van der Waals surface area contributed by atoms with Crippen molar-refractivity contribution in [3.8, 4) is 0 Å². The lowest BCUT2D eigenvalue weighted by molar-refractivity contribution is -0.267. The predicted octanol–water partition coefficient (Wildman–Crippen LogP) is 4.48. The zero-order chi connectivity index (χ0) is 38.3. The summed E-state index contributed by atoms with van der Waals surface area (Å²) in [4.78, 5) is 56.4. The van der Waals surface area contributed by atoms with Crippen molar-refractivity contribution in [3.05, 3.63) is 0 Å². The van der Waals surface area contributed by atoms with Gasteiger partial charge < -0.3 is 40.2 Å². The highest BCUT2D eigenvalue weighted by Gasteiger charge is 2.55. The lowest BCUT2D eigenvalue weighted by Crippen LogP contribution is -2.52. The number of nitrogens with one attached hydrogen (secondary N) is 4. The molecule has 12 heteroatoms. The molecule has 0 aromatic rings. The van der Waals surface area contributed by atoms with Gasteiger partial charge in [0, 0.05) is 44.3 Å². The highest BCUT2D eigenvalue weighted by atomic mass is 16.8. The standard InChI is InChI=1S/C38H66N4O8/c1-31(2)17-21(35(9,10)39-31)25(43)47-29(48-26(44)22-18-32(3,4)40-36(22,11)12)30(49-27(45)23-19-33(5,6)41-37(23,13)14)50-28(46)24-20-34(7,8)42-38(24,15)16/h21-24,29-30,39-42H,17-20H2,1-16H3. The topological polar surface area (TPSA) is 153 Å². The maximum atomic E-state index is 14.1. The van der Waals surface area contributed by atoms with Crippen molar-refractivity contribution >= 4 is 23.9 Å².